The van der Waals surface area contributed by atoms with Crippen molar-refractivity contribution in [1.82, 2.24) is 0 Å². The Morgan fingerprint density at radius 2 is 2.00 bits per heavy atom. The molecule has 0 radical (unpaired) electrons. The molecule has 0 heterocycles. The monoisotopic (exact) mass is 135 g/mol. The quantitative estimate of drug-likeness (QED) is 0.414. The Morgan fingerprint density at radius 3 is 2.40 bits per heavy atom. The van der Waals surface area contributed by atoms with Crippen molar-refractivity contribution in [2.75, 3.05) is 6.54 Å². The first kappa shape index (κ1) is 8.89. The van der Waals surface area contributed by atoms with E-state index >= 15 is 0 Å². The first-order chi connectivity index (χ1) is 4.66. The molecule has 0 unspecified atom stereocenters. The van der Waals surface area contributed by atoms with Crippen LogP contribution in [0.4, 0.5) is 0 Å². The third kappa shape index (κ3) is 5.04. The second-order valence-electron chi connectivity index (χ2n) is 2.22. The molecule has 0 rings (SSSR count). The molecular weight excluding hydrogens is 122 g/mol. The van der Waals surface area contributed by atoms with E-state index in [4.69, 9.17) is 0 Å². The Morgan fingerprint density at radius 1 is 1.40 bits per heavy atom. The molecule has 0 bridgehead atoms. The predicted molar refractivity (Wildman–Crippen MR) is 47.5 cm³/mol. The van der Waals surface area contributed by atoms with Gasteiger partial charge in [-0.3, -0.25) is 4.99 Å². The van der Waals surface area contributed by atoms with Crippen molar-refractivity contribution in [1.29, 1.82) is 0 Å². The van der Waals surface area contributed by atoms with Crippen LogP contribution in [0.15, 0.2) is 41.4 Å². The molecule has 0 fully saturated rings. The Balaban J connectivity index is 3.77. The maximum Gasteiger partial charge on any atom is 0.0626 e. The minimum absolute atomic E-state index is 0.601. The third-order valence-corrected chi connectivity index (χ3v) is 0.918. The first-order valence-electron chi connectivity index (χ1n) is 3.10. The molecular formula is C9H13N. The summed E-state index contributed by atoms with van der Waals surface area (Å²) < 4.78 is 0. The Kier molecular flexibility index (Phi) is 4.21. The van der Waals surface area contributed by atoms with Crippen molar-refractivity contribution in [2.24, 2.45) is 4.99 Å². The highest BCUT2D eigenvalue weighted by molar-refractivity contribution is 5.28. The summed E-state index contributed by atoms with van der Waals surface area (Å²) in [7, 11) is 0. The average molecular weight is 135 g/mol. The van der Waals surface area contributed by atoms with Gasteiger partial charge in [-0.2, -0.15) is 0 Å². The topological polar surface area (TPSA) is 12.4 Å². The number of aliphatic imine (C=N–C) groups is 1. The Labute approximate surface area is 62.5 Å². The fourth-order valence-corrected chi connectivity index (χ4v) is 0.456. The van der Waals surface area contributed by atoms with Crippen LogP contribution in [0.25, 0.3) is 0 Å². The van der Waals surface area contributed by atoms with E-state index in [1.54, 1.807) is 0 Å². The van der Waals surface area contributed by atoms with Crippen LogP contribution in [0, 0.1) is 0 Å². The van der Waals surface area contributed by atoms with Gasteiger partial charge in [0.15, 0.2) is 0 Å². The van der Waals surface area contributed by atoms with Crippen molar-refractivity contribution in [3.63, 3.8) is 0 Å². The molecule has 0 saturated carbocycles. The van der Waals surface area contributed by atoms with E-state index in [0.717, 1.165) is 11.1 Å². The van der Waals surface area contributed by atoms with E-state index in [-0.39, 0.29) is 0 Å². The van der Waals surface area contributed by atoms with Gasteiger partial charge in [-0.1, -0.05) is 30.9 Å². The minimum atomic E-state index is 0.601. The lowest BCUT2D eigenvalue weighted by molar-refractivity contribution is 1.21. The second-order valence-corrected chi connectivity index (χ2v) is 2.22. The SMILES string of the molecule is C=NCC(=C)/C=C\C(=C)C. The van der Waals surface area contributed by atoms with Gasteiger partial charge in [0, 0.05) is 0 Å². The van der Waals surface area contributed by atoms with Crippen LogP contribution in [0.3, 0.4) is 0 Å². The Bertz CT molecular complexity index is 175. The number of nitrogens with zero attached hydrogens (tertiary/aromatic N) is 1. The van der Waals surface area contributed by atoms with Crippen molar-refractivity contribution < 1.29 is 0 Å². The summed E-state index contributed by atoms with van der Waals surface area (Å²) in [5.74, 6) is 0. The van der Waals surface area contributed by atoms with Crippen LogP contribution >= 0.6 is 0 Å². The molecule has 0 aromatic carbocycles. The lowest BCUT2D eigenvalue weighted by Gasteiger charge is -1.91. The van der Waals surface area contributed by atoms with E-state index in [9.17, 15) is 0 Å². The molecule has 0 aromatic heterocycles. The molecule has 0 aromatic rings. The zero-order chi connectivity index (χ0) is 7.98. The van der Waals surface area contributed by atoms with Crippen LogP contribution in [-0.4, -0.2) is 13.3 Å². The van der Waals surface area contributed by atoms with Crippen LogP contribution in [0.1, 0.15) is 6.92 Å². The number of allylic oxidation sites excluding steroid dienone is 2. The van der Waals surface area contributed by atoms with Crippen molar-refractivity contribution in [3.05, 3.63) is 36.5 Å². The minimum Gasteiger partial charge on any atom is -0.296 e. The van der Waals surface area contributed by atoms with E-state index in [1.165, 1.54) is 0 Å². The highest BCUT2D eigenvalue weighted by Crippen LogP contribution is 1.96. The standard InChI is InChI=1S/C9H13N/c1-8(2)5-6-9(3)7-10-4/h5-6H,1,3-4,7H2,2H3/b6-5-. The van der Waals surface area contributed by atoms with Gasteiger partial charge in [0.05, 0.1) is 6.54 Å². The van der Waals surface area contributed by atoms with Crippen LogP contribution in [-0.2, 0) is 0 Å². The van der Waals surface area contributed by atoms with Crippen molar-refractivity contribution >= 4 is 6.72 Å². The molecule has 0 atom stereocenters. The molecule has 0 aliphatic rings. The van der Waals surface area contributed by atoms with E-state index in [2.05, 4.69) is 24.9 Å². The summed E-state index contributed by atoms with van der Waals surface area (Å²) in [6.45, 7) is 13.4. The van der Waals surface area contributed by atoms with E-state index in [1.807, 2.05) is 19.1 Å². The summed E-state index contributed by atoms with van der Waals surface area (Å²) in [5, 5.41) is 0. The zero-order valence-electron chi connectivity index (χ0n) is 6.43. The number of hydrogen-bond donors (Lipinski definition) is 0. The highest BCUT2D eigenvalue weighted by Gasteiger charge is 1.82. The average Bonchev–Trinajstić information content (AvgIpc) is 1.85. The summed E-state index contributed by atoms with van der Waals surface area (Å²) in [6.07, 6.45) is 3.81. The summed E-state index contributed by atoms with van der Waals surface area (Å²) in [4.78, 5) is 3.68. The maximum absolute atomic E-state index is 3.75. The smallest absolute Gasteiger partial charge is 0.0626 e. The normalized spacial score (nSPS) is 9.70. The number of hydrogen-bond acceptors (Lipinski definition) is 1. The first-order valence-corrected chi connectivity index (χ1v) is 3.10. The van der Waals surface area contributed by atoms with Gasteiger partial charge in [-0.05, 0) is 19.2 Å². The molecule has 54 valence electrons. The lowest BCUT2D eigenvalue weighted by Crippen LogP contribution is -1.79. The molecule has 0 amide bonds. The van der Waals surface area contributed by atoms with Gasteiger partial charge in [-0.25, -0.2) is 0 Å². The summed E-state index contributed by atoms with van der Waals surface area (Å²) in [6, 6.07) is 0. The van der Waals surface area contributed by atoms with E-state index < -0.39 is 0 Å². The van der Waals surface area contributed by atoms with Gasteiger partial charge in [0.1, 0.15) is 0 Å². The van der Waals surface area contributed by atoms with Crippen molar-refractivity contribution in [2.45, 2.75) is 6.92 Å². The van der Waals surface area contributed by atoms with Crippen LogP contribution in [0.5, 0.6) is 0 Å². The fraction of sp³-hybridized carbons (Fsp3) is 0.222. The zero-order valence-corrected chi connectivity index (χ0v) is 6.43. The van der Waals surface area contributed by atoms with Gasteiger partial charge >= 0.3 is 0 Å². The van der Waals surface area contributed by atoms with Crippen LogP contribution < -0.4 is 0 Å². The molecule has 0 N–H and O–H groups in total. The molecule has 0 spiro atoms. The summed E-state index contributed by atoms with van der Waals surface area (Å²) in [5.41, 5.74) is 1.98. The van der Waals surface area contributed by atoms with Gasteiger partial charge in [0.2, 0.25) is 0 Å². The molecule has 1 nitrogen and oxygen atoms in total. The van der Waals surface area contributed by atoms with Crippen LogP contribution in [0.2, 0.25) is 0 Å². The highest BCUT2D eigenvalue weighted by atomic mass is 14.7. The third-order valence-electron chi connectivity index (χ3n) is 0.918. The van der Waals surface area contributed by atoms with Gasteiger partial charge in [0.25, 0.3) is 0 Å². The molecule has 0 aliphatic carbocycles. The molecule has 1 heteroatoms. The molecule has 0 aliphatic heterocycles. The summed E-state index contributed by atoms with van der Waals surface area (Å²) >= 11 is 0. The molecule has 0 saturated heterocycles. The van der Waals surface area contributed by atoms with Gasteiger partial charge < -0.3 is 0 Å². The second kappa shape index (κ2) is 4.74. The van der Waals surface area contributed by atoms with Crippen molar-refractivity contribution in [3.8, 4) is 0 Å². The maximum atomic E-state index is 3.75. The lowest BCUT2D eigenvalue weighted by atomic mass is 10.2. The largest absolute Gasteiger partial charge is 0.296 e. The Hall–Kier alpha value is -1.11. The molecule has 10 heavy (non-hydrogen) atoms. The number of rotatable bonds is 4. The fourth-order valence-electron chi connectivity index (χ4n) is 0.456. The van der Waals surface area contributed by atoms with Gasteiger partial charge in [-0.15, -0.1) is 0 Å². The predicted octanol–water partition coefficient (Wildman–Crippen LogP) is 2.38. The van der Waals surface area contributed by atoms with E-state index in [0.29, 0.717) is 6.54 Å².